The Labute approximate surface area is 95.2 Å². The van der Waals surface area contributed by atoms with Gasteiger partial charge < -0.3 is 10.5 Å². The van der Waals surface area contributed by atoms with Crippen LogP contribution in [0.3, 0.4) is 0 Å². The summed E-state index contributed by atoms with van der Waals surface area (Å²) in [6, 6.07) is -0.00894. The summed E-state index contributed by atoms with van der Waals surface area (Å²) >= 11 is 0. The van der Waals surface area contributed by atoms with Gasteiger partial charge in [-0.3, -0.25) is 4.21 Å². The molecule has 0 amide bonds. The van der Waals surface area contributed by atoms with Gasteiger partial charge in [-0.15, -0.1) is 0 Å². The first-order valence-corrected chi connectivity index (χ1v) is 6.85. The Hall–Kier alpha value is 0.0700. The van der Waals surface area contributed by atoms with Crippen molar-refractivity contribution in [1.29, 1.82) is 0 Å². The second kappa shape index (κ2) is 4.15. The van der Waals surface area contributed by atoms with Gasteiger partial charge in [-0.25, -0.2) is 0 Å². The van der Waals surface area contributed by atoms with Crippen LogP contribution in [0.4, 0.5) is 0 Å². The van der Waals surface area contributed by atoms with Gasteiger partial charge in [-0.05, 0) is 41.0 Å². The van der Waals surface area contributed by atoms with Crippen molar-refractivity contribution in [2.45, 2.75) is 63.5 Å². The Morgan fingerprint density at radius 1 is 1.47 bits per heavy atom. The van der Waals surface area contributed by atoms with Crippen LogP contribution in [-0.2, 0) is 15.5 Å². The summed E-state index contributed by atoms with van der Waals surface area (Å²) in [5.74, 6) is 0.563. The van der Waals surface area contributed by atoms with Crippen LogP contribution in [-0.4, -0.2) is 32.5 Å². The van der Waals surface area contributed by atoms with E-state index in [4.69, 9.17) is 10.5 Å². The predicted molar refractivity (Wildman–Crippen MR) is 64.3 cm³/mol. The molecule has 3 atom stereocenters. The molecule has 0 bridgehead atoms. The van der Waals surface area contributed by atoms with E-state index in [1.54, 1.807) is 0 Å². The quantitative estimate of drug-likeness (QED) is 0.802. The van der Waals surface area contributed by atoms with Crippen LogP contribution >= 0.6 is 0 Å². The lowest BCUT2D eigenvalue weighted by Crippen LogP contribution is -2.39. The fraction of sp³-hybridized carbons (Fsp3) is 1.00. The molecule has 0 aromatic rings. The fourth-order valence-electron chi connectivity index (χ4n) is 2.30. The first-order valence-electron chi connectivity index (χ1n) is 5.47. The molecule has 0 spiro atoms. The van der Waals surface area contributed by atoms with Crippen molar-refractivity contribution < 1.29 is 8.95 Å². The second-order valence-corrected chi connectivity index (χ2v) is 7.35. The van der Waals surface area contributed by atoms with Gasteiger partial charge in [0, 0.05) is 22.6 Å². The number of rotatable bonds is 3. The van der Waals surface area contributed by atoms with Gasteiger partial charge in [-0.2, -0.15) is 0 Å². The third-order valence-electron chi connectivity index (χ3n) is 2.74. The van der Waals surface area contributed by atoms with Crippen LogP contribution < -0.4 is 5.73 Å². The monoisotopic (exact) mass is 233 g/mol. The van der Waals surface area contributed by atoms with Crippen molar-refractivity contribution in [2.75, 3.05) is 5.75 Å². The van der Waals surface area contributed by atoms with Gasteiger partial charge >= 0.3 is 0 Å². The predicted octanol–water partition coefficient (Wildman–Crippen LogP) is 1.43. The molecule has 1 fully saturated rings. The van der Waals surface area contributed by atoms with Crippen molar-refractivity contribution in [2.24, 2.45) is 5.73 Å². The van der Waals surface area contributed by atoms with Crippen molar-refractivity contribution in [3.63, 3.8) is 0 Å². The Morgan fingerprint density at radius 2 is 2.00 bits per heavy atom. The minimum Gasteiger partial charge on any atom is -0.368 e. The molecule has 4 heteroatoms. The van der Waals surface area contributed by atoms with Crippen LogP contribution in [0.1, 0.15) is 41.0 Å². The topological polar surface area (TPSA) is 52.3 Å². The highest BCUT2D eigenvalue weighted by atomic mass is 32.2. The summed E-state index contributed by atoms with van der Waals surface area (Å²) < 4.78 is 18.0. The molecule has 15 heavy (non-hydrogen) atoms. The third kappa shape index (κ3) is 3.26. The minimum absolute atomic E-state index is 0.00894. The van der Waals surface area contributed by atoms with Crippen LogP contribution in [0.15, 0.2) is 0 Å². The first kappa shape index (κ1) is 13.1. The largest absolute Gasteiger partial charge is 0.368 e. The smallest absolute Gasteiger partial charge is 0.0777 e. The molecule has 0 radical (unpaired) electrons. The zero-order chi connectivity index (χ0) is 11.9. The molecule has 90 valence electrons. The average molecular weight is 233 g/mol. The molecule has 0 aromatic heterocycles. The lowest BCUT2D eigenvalue weighted by atomic mass is 10.0. The minimum atomic E-state index is -0.892. The molecule has 1 aliphatic heterocycles. The Kier molecular flexibility index (Phi) is 3.63. The molecule has 0 aromatic carbocycles. The van der Waals surface area contributed by atoms with Gasteiger partial charge in [0.1, 0.15) is 0 Å². The van der Waals surface area contributed by atoms with Crippen molar-refractivity contribution >= 4 is 10.8 Å². The van der Waals surface area contributed by atoms with E-state index in [-0.39, 0.29) is 22.5 Å². The third-order valence-corrected chi connectivity index (χ3v) is 4.96. The summed E-state index contributed by atoms with van der Waals surface area (Å²) in [5.41, 5.74) is 5.22. The highest BCUT2D eigenvalue weighted by Gasteiger charge is 2.48. The number of hydrogen-bond acceptors (Lipinski definition) is 3. The van der Waals surface area contributed by atoms with Crippen LogP contribution in [0.25, 0.3) is 0 Å². The van der Waals surface area contributed by atoms with Gasteiger partial charge in [-0.1, -0.05) is 0 Å². The molecular weight excluding hydrogens is 210 g/mol. The summed E-state index contributed by atoms with van der Waals surface area (Å²) in [6.07, 6.45) is 0.847. The Morgan fingerprint density at radius 3 is 2.33 bits per heavy atom. The van der Waals surface area contributed by atoms with Crippen molar-refractivity contribution in [3.05, 3.63) is 0 Å². The van der Waals surface area contributed by atoms with Crippen molar-refractivity contribution in [3.8, 4) is 0 Å². The molecule has 3 nitrogen and oxygen atoms in total. The normalized spacial score (nSPS) is 32.5. The Bertz CT molecular complexity index is 261. The van der Waals surface area contributed by atoms with E-state index in [0.29, 0.717) is 5.75 Å². The molecule has 0 saturated carbocycles. The van der Waals surface area contributed by atoms with Gasteiger partial charge in [0.25, 0.3) is 0 Å². The molecule has 1 aliphatic rings. The summed E-state index contributed by atoms with van der Waals surface area (Å²) in [6.45, 7) is 10.0. The molecule has 1 saturated heterocycles. The van der Waals surface area contributed by atoms with E-state index in [9.17, 15) is 4.21 Å². The summed E-state index contributed by atoms with van der Waals surface area (Å²) in [5, 5.41) is 0.0958. The fourth-order valence-corrected chi connectivity index (χ4v) is 4.32. The first-order chi connectivity index (χ1) is 6.64. The lowest BCUT2D eigenvalue weighted by molar-refractivity contribution is -0.0633. The Balaban J connectivity index is 2.74. The maximum atomic E-state index is 12.1. The van der Waals surface area contributed by atoms with Gasteiger partial charge in [0.15, 0.2) is 0 Å². The molecule has 3 unspecified atom stereocenters. The molecule has 1 heterocycles. The molecular formula is C11H23NO2S. The van der Waals surface area contributed by atoms with Crippen LogP contribution in [0.5, 0.6) is 0 Å². The van der Waals surface area contributed by atoms with Gasteiger partial charge in [0.2, 0.25) is 0 Å². The molecule has 1 rings (SSSR count). The van der Waals surface area contributed by atoms with Gasteiger partial charge in [0.05, 0.1) is 16.5 Å². The number of hydrogen-bond donors (Lipinski definition) is 1. The SMILES string of the molecule is CC(N)CS(=O)C1CC(C)(C)OC1(C)C. The van der Waals surface area contributed by atoms with E-state index in [1.807, 2.05) is 20.8 Å². The standard InChI is InChI=1S/C11H23NO2S/c1-8(12)7-15(13)9-6-10(2,3)14-11(9,4)5/h8-9H,6-7,12H2,1-5H3. The van der Waals surface area contributed by atoms with Crippen LogP contribution in [0, 0.1) is 0 Å². The zero-order valence-corrected chi connectivity index (χ0v) is 11.2. The second-order valence-electron chi connectivity index (χ2n) is 5.68. The van der Waals surface area contributed by atoms with E-state index in [2.05, 4.69) is 13.8 Å². The van der Waals surface area contributed by atoms with E-state index < -0.39 is 10.8 Å². The maximum absolute atomic E-state index is 12.1. The zero-order valence-electron chi connectivity index (χ0n) is 10.4. The highest BCUT2D eigenvalue weighted by Crippen LogP contribution is 2.40. The van der Waals surface area contributed by atoms with Crippen molar-refractivity contribution in [1.82, 2.24) is 0 Å². The van der Waals surface area contributed by atoms with E-state index in [1.165, 1.54) is 0 Å². The van der Waals surface area contributed by atoms with E-state index in [0.717, 1.165) is 6.42 Å². The summed E-state index contributed by atoms with van der Waals surface area (Å²) in [7, 11) is -0.892. The maximum Gasteiger partial charge on any atom is 0.0777 e. The van der Waals surface area contributed by atoms with Crippen LogP contribution in [0.2, 0.25) is 0 Å². The molecule has 2 N–H and O–H groups in total. The number of nitrogens with two attached hydrogens (primary N) is 1. The van der Waals surface area contributed by atoms with E-state index >= 15 is 0 Å². The highest BCUT2D eigenvalue weighted by molar-refractivity contribution is 7.85. The number of ether oxygens (including phenoxy) is 1. The average Bonchev–Trinajstić information content (AvgIpc) is 2.17. The molecule has 0 aliphatic carbocycles. The lowest BCUT2D eigenvalue weighted by Gasteiger charge is -2.27. The summed E-state index contributed by atoms with van der Waals surface area (Å²) in [4.78, 5) is 0.